The molecule has 1 N–H and O–H groups in total. The highest BCUT2D eigenvalue weighted by molar-refractivity contribution is 6.04. The van der Waals surface area contributed by atoms with Gasteiger partial charge in [-0.25, -0.2) is 14.8 Å². The van der Waals surface area contributed by atoms with Gasteiger partial charge in [0.2, 0.25) is 0 Å². The lowest BCUT2D eigenvalue weighted by molar-refractivity contribution is -0.137. The third-order valence-corrected chi connectivity index (χ3v) is 5.33. The van der Waals surface area contributed by atoms with Gasteiger partial charge in [0.1, 0.15) is 0 Å². The van der Waals surface area contributed by atoms with Gasteiger partial charge in [-0.15, -0.1) is 0 Å². The highest BCUT2D eigenvalue weighted by atomic mass is 19.4. The molecule has 5 heterocycles. The minimum Gasteiger partial charge on any atom is -0.366 e. The number of alkyl halides is 3. The molecular weight excluding hydrogens is 411 g/mol. The van der Waals surface area contributed by atoms with Crippen LogP contribution in [0.15, 0.2) is 49.2 Å². The number of hydrogen-bond acceptors (Lipinski definition) is 6. The fraction of sp³-hybridized carbons (Fsp3) is 0.250. The maximum Gasteiger partial charge on any atom is 0.417 e. The Kier molecular flexibility index (Phi) is 4.45. The second-order valence-electron chi connectivity index (χ2n) is 7.28. The van der Waals surface area contributed by atoms with Crippen LogP contribution in [-0.2, 0) is 6.18 Å². The van der Waals surface area contributed by atoms with Crippen LogP contribution in [0.1, 0.15) is 12.0 Å². The van der Waals surface area contributed by atoms with Crippen LogP contribution in [-0.4, -0.2) is 45.1 Å². The number of carbonyl (C=O) groups is 1. The van der Waals surface area contributed by atoms with Crippen molar-refractivity contribution in [2.24, 2.45) is 0 Å². The Morgan fingerprint density at radius 2 is 2.00 bits per heavy atom. The second-order valence-corrected chi connectivity index (χ2v) is 7.28. The summed E-state index contributed by atoms with van der Waals surface area (Å²) in [5.41, 5.74) is 0.425. The summed E-state index contributed by atoms with van der Waals surface area (Å²) in [4.78, 5) is 33.0. The van der Waals surface area contributed by atoms with Crippen molar-refractivity contribution in [3.05, 3.63) is 54.7 Å². The number of nitrogens with zero attached hydrogens (tertiary/aromatic N) is 6. The zero-order valence-electron chi connectivity index (χ0n) is 16.0. The van der Waals surface area contributed by atoms with E-state index in [0.717, 1.165) is 30.9 Å². The molecule has 2 aliphatic heterocycles. The van der Waals surface area contributed by atoms with Crippen molar-refractivity contribution in [3.63, 3.8) is 0 Å². The Bertz CT molecular complexity index is 1140. The van der Waals surface area contributed by atoms with E-state index in [1.54, 1.807) is 17.0 Å². The molecule has 1 saturated heterocycles. The van der Waals surface area contributed by atoms with Gasteiger partial charge in [0.25, 0.3) is 0 Å². The van der Waals surface area contributed by atoms with E-state index in [9.17, 15) is 18.0 Å². The third kappa shape index (κ3) is 3.51. The Labute approximate surface area is 174 Å². The Morgan fingerprint density at radius 3 is 2.77 bits per heavy atom. The molecule has 0 spiro atoms. The average molecular weight is 427 g/mol. The van der Waals surface area contributed by atoms with Crippen molar-refractivity contribution in [3.8, 4) is 11.3 Å². The lowest BCUT2D eigenvalue weighted by Crippen LogP contribution is -2.48. The number of hydrogen-bond donors (Lipinski definition) is 1. The van der Waals surface area contributed by atoms with E-state index in [2.05, 4.69) is 30.2 Å². The minimum atomic E-state index is -4.51. The number of anilines is 3. The number of pyridine rings is 2. The van der Waals surface area contributed by atoms with E-state index < -0.39 is 17.8 Å². The van der Waals surface area contributed by atoms with Crippen molar-refractivity contribution in [1.82, 2.24) is 19.9 Å². The predicted octanol–water partition coefficient (Wildman–Crippen LogP) is 3.58. The van der Waals surface area contributed by atoms with Crippen LogP contribution in [0.5, 0.6) is 0 Å². The molecule has 11 heteroatoms. The molecule has 3 aromatic rings. The van der Waals surface area contributed by atoms with E-state index in [-0.39, 0.29) is 11.6 Å². The van der Waals surface area contributed by atoms with E-state index in [0.29, 0.717) is 23.9 Å². The van der Waals surface area contributed by atoms with Gasteiger partial charge in [0, 0.05) is 43.4 Å². The monoisotopic (exact) mass is 427 g/mol. The van der Waals surface area contributed by atoms with Crippen molar-refractivity contribution in [1.29, 1.82) is 0 Å². The van der Waals surface area contributed by atoms with Crippen LogP contribution < -0.4 is 15.1 Å². The van der Waals surface area contributed by atoms with Gasteiger partial charge in [-0.05, 0) is 24.6 Å². The molecule has 0 aromatic carbocycles. The SMILES string of the molecule is O=C(Nc1cnccn1)N1c2nc(-c3cncc(C(F)(F)F)c3)ccc2N2CCC1C2. The first-order chi connectivity index (χ1) is 14.9. The fourth-order valence-electron chi connectivity index (χ4n) is 3.90. The van der Waals surface area contributed by atoms with E-state index in [1.807, 2.05) is 0 Å². The van der Waals surface area contributed by atoms with Crippen LogP contribution in [0, 0.1) is 0 Å². The van der Waals surface area contributed by atoms with Gasteiger partial charge in [-0.1, -0.05) is 0 Å². The van der Waals surface area contributed by atoms with E-state index in [4.69, 9.17) is 0 Å². The normalized spacial score (nSPS) is 17.5. The predicted molar refractivity (Wildman–Crippen MR) is 107 cm³/mol. The summed E-state index contributed by atoms with van der Waals surface area (Å²) in [5.74, 6) is 0.692. The van der Waals surface area contributed by atoms with Crippen LogP contribution in [0.25, 0.3) is 11.3 Å². The zero-order chi connectivity index (χ0) is 21.6. The maximum absolute atomic E-state index is 13.1. The van der Waals surface area contributed by atoms with E-state index >= 15 is 0 Å². The standard InChI is InChI=1S/C20H16F3N7O/c21-20(22,23)13-7-12(8-25-9-13)15-1-2-16-18(27-15)30(14-3-6-29(16)11-14)19(31)28-17-10-24-4-5-26-17/h1-2,4-5,7-10,14H,3,6,11H2,(H,26,28,31). The topological polar surface area (TPSA) is 87.1 Å². The molecule has 0 radical (unpaired) electrons. The van der Waals surface area contributed by atoms with E-state index in [1.165, 1.54) is 24.8 Å². The molecule has 1 atom stereocenters. The summed E-state index contributed by atoms with van der Waals surface area (Å²) in [6, 6.07) is 3.91. The molecular formula is C20H16F3N7O. The van der Waals surface area contributed by atoms with Gasteiger partial charge >= 0.3 is 12.2 Å². The maximum atomic E-state index is 13.1. The molecule has 0 saturated carbocycles. The van der Waals surface area contributed by atoms with Gasteiger partial charge in [0.15, 0.2) is 11.6 Å². The molecule has 5 rings (SSSR count). The summed E-state index contributed by atoms with van der Waals surface area (Å²) in [7, 11) is 0. The number of aromatic nitrogens is 4. The summed E-state index contributed by atoms with van der Waals surface area (Å²) >= 11 is 0. The summed E-state index contributed by atoms with van der Waals surface area (Å²) in [6.45, 7) is 1.42. The summed E-state index contributed by atoms with van der Waals surface area (Å²) in [6.07, 6.45) is 2.74. The van der Waals surface area contributed by atoms with Gasteiger partial charge in [-0.3, -0.25) is 20.2 Å². The smallest absolute Gasteiger partial charge is 0.366 e. The molecule has 0 aliphatic carbocycles. The Hall–Kier alpha value is -3.76. The zero-order valence-corrected chi connectivity index (χ0v) is 16.0. The molecule has 2 aliphatic rings. The first-order valence-electron chi connectivity index (χ1n) is 9.55. The van der Waals surface area contributed by atoms with Crippen molar-refractivity contribution in [2.75, 3.05) is 28.2 Å². The van der Waals surface area contributed by atoms with Crippen LogP contribution in [0.3, 0.4) is 0 Å². The van der Waals surface area contributed by atoms with Crippen LogP contribution in [0.4, 0.5) is 35.3 Å². The molecule has 1 unspecified atom stereocenters. The molecule has 2 amide bonds. The average Bonchev–Trinajstić information content (AvgIpc) is 3.18. The molecule has 8 nitrogen and oxygen atoms in total. The Balaban J connectivity index is 1.54. The second kappa shape index (κ2) is 7.18. The fourth-order valence-corrected chi connectivity index (χ4v) is 3.90. The Morgan fingerprint density at radius 1 is 1.13 bits per heavy atom. The molecule has 2 bridgehead atoms. The highest BCUT2D eigenvalue weighted by Crippen LogP contribution is 2.40. The van der Waals surface area contributed by atoms with Gasteiger partial charge in [-0.2, -0.15) is 13.2 Å². The number of amides is 2. The van der Waals surface area contributed by atoms with Crippen molar-refractivity contribution >= 4 is 23.4 Å². The lowest BCUT2D eigenvalue weighted by atomic mass is 10.1. The number of rotatable bonds is 2. The van der Waals surface area contributed by atoms with Crippen LogP contribution >= 0.6 is 0 Å². The molecule has 3 aromatic heterocycles. The number of halogens is 3. The highest BCUT2D eigenvalue weighted by Gasteiger charge is 2.40. The summed E-state index contributed by atoms with van der Waals surface area (Å²) in [5, 5.41) is 2.72. The number of fused-ring (bicyclic) bond motifs is 4. The van der Waals surface area contributed by atoms with Crippen molar-refractivity contribution in [2.45, 2.75) is 18.6 Å². The van der Waals surface area contributed by atoms with Gasteiger partial charge in [0.05, 0.1) is 29.2 Å². The number of urea groups is 1. The number of carbonyl (C=O) groups excluding carboxylic acids is 1. The summed E-state index contributed by atoms with van der Waals surface area (Å²) < 4.78 is 39.3. The van der Waals surface area contributed by atoms with Gasteiger partial charge < -0.3 is 4.90 Å². The first kappa shape index (κ1) is 19.2. The molecule has 1 fully saturated rings. The van der Waals surface area contributed by atoms with Crippen molar-refractivity contribution < 1.29 is 18.0 Å². The minimum absolute atomic E-state index is 0.105. The number of nitrogens with one attached hydrogen (secondary N) is 1. The molecule has 31 heavy (non-hydrogen) atoms. The van der Waals surface area contributed by atoms with Crippen LogP contribution in [0.2, 0.25) is 0 Å². The third-order valence-electron chi connectivity index (χ3n) is 5.33. The molecule has 158 valence electrons. The first-order valence-corrected chi connectivity index (χ1v) is 9.55. The lowest BCUT2D eigenvalue weighted by Gasteiger charge is -2.35. The quantitative estimate of drug-likeness (QED) is 0.673. The largest absolute Gasteiger partial charge is 0.417 e.